The first-order valence-corrected chi connectivity index (χ1v) is 10.6. The summed E-state index contributed by atoms with van der Waals surface area (Å²) in [4.78, 5) is 38.1. The highest BCUT2D eigenvalue weighted by molar-refractivity contribution is 5.90. The number of carbonyl (C=O) groups excluding carboxylic acids is 3. The molecule has 2 aliphatic rings. The van der Waals surface area contributed by atoms with E-state index in [0.717, 1.165) is 4.90 Å². The first-order valence-electron chi connectivity index (χ1n) is 10.6. The monoisotopic (exact) mass is 472 g/mol. The van der Waals surface area contributed by atoms with Crippen LogP contribution in [0.3, 0.4) is 0 Å². The lowest BCUT2D eigenvalue weighted by atomic mass is 10.1. The number of rotatable bonds is 6. The van der Waals surface area contributed by atoms with Crippen LogP contribution in [0.15, 0.2) is 72.8 Å². The summed E-state index contributed by atoms with van der Waals surface area (Å²) in [5.41, 5.74) is 0.288. The number of hydrogen-bond acceptors (Lipinski definition) is 6. The van der Waals surface area contributed by atoms with Gasteiger partial charge in [-0.05, 0) is 24.3 Å². The SMILES string of the molecule is O=C(OCC1OC(N2CC=CCNC2=O)C(F)(F)C1OC(=O)c1ccccc1)c1ccccc1. The molecule has 10 heteroatoms. The summed E-state index contributed by atoms with van der Waals surface area (Å²) in [6.07, 6.45) is -2.49. The molecule has 2 aromatic rings. The molecule has 4 rings (SSSR count). The van der Waals surface area contributed by atoms with Gasteiger partial charge < -0.3 is 19.5 Å². The first-order chi connectivity index (χ1) is 16.4. The van der Waals surface area contributed by atoms with Crippen LogP contribution < -0.4 is 5.32 Å². The number of hydrogen-bond donors (Lipinski definition) is 1. The minimum atomic E-state index is -3.79. The van der Waals surface area contributed by atoms with E-state index in [2.05, 4.69) is 5.32 Å². The van der Waals surface area contributed by atoms with Crippen LogP contribution >= 0.6 is 0 Å². The minimum Gasteiger partial charge on any atom is -0.459 e. The predicted molar refractivity (Wildman–Crippen MR) is 115 cm³/mol. The van der Waals surface area contributed by atoms with E-state index in [1.165, 1.54) is 24.3 Å². The normalized spacial score (nSPS) is 23.6. The standard InChI is InChI=1S/C24H22F2N2O6/c25-24(26)19(34-21(30)17-11-5-2-6-12-17)18(15-32-20(29)16-9-3-1-4-10-16)33-22(24)28-14-8-7-13-27-23(28)31/h1-12,18-19,22H,13-15H2,(H,27,31). The predicted octanol–water partition coefficient (Wildman–Crippen LogP) is 3.01. The van der Waals surface area contributed by atoms with E-state index in [1.54, 1.807) is 48.6 Å². The number of carbonyl (C=O) groups is 3. The van der Waals surface area contributed by atoms with Crippen LogP contribution in [0.25, 0.3) is 0 Å². The maximum atomic E-state index is 15.5. The van der Waals surface area contributed by atoms with Crippen molar-refractivity contribution in [3.63, 3.8) is 0 Å². The van der Waals surface area contributed by atoms with Gasteiger partial charge >= 0.3 is 23.9 Å². The van der Waals surface area contributed by atoms with Gasteiger partial charge in [0.15, 0.2) is 6.10 Å². The number of ether oxygens (including phenoxy) is 3. The molecule has 178 valence electrons. The molecule has 0 spiro atoms. The molecule has 0 saturated carbocycles. The zero-order valence-corrected chi connectivity index (χ0v) is 17.9. The van der Waals surface area contributed by atoms with Crippen LogP contribution in [0.5, 0.6) is 0 Å². The van der Waals surface area contributed by atoms with Gasteiger partial charge in [-0.3, -0.25) is 4.90 Å². The van der Waals surface area contributed by atoms with Crippen LogP contribution in [0.1, 0.15) is 20.7 Å². The maximum absolute atomic E-state index is 15.5. The van der Waals surface area contributed by atoms with Gasteiger partial charge in [-0.25, -0.2) is 14.4 Å². The van der Waals surface area contributed by atoms with Crippen LogP contribution in [0.4, 0.5) is 13.6 Å². The molecule has 2 heterocycles. The molecule has 2 aliphatic heterocycles. The Balaban J connectivity index is 1.56. The van der Waals surface area contributed by atoms with Crippen molar-refractivity contribution in [1.82, 2.24) is 10.2 Å². The second kappa shape index (κ2) is 10.0. The smallest absolute Gasteiger partial charge is 0.338 e. The van der Waals surface area contributed by atoms with Gasteiger partial charge in [-0.1, -0.05) is 48.6 Å². The van der Waals surface area contributed by atoms with E-state index < -0.39 is 48.9 Å². The Labute approximate surface area is 194 Å². The van der Waals surface area contributed by atoms with E-state index in [-0.39, 0.29) is 24.2 Å². The summed E-state index contributed by atoms with van der Waals surface area (Å²) in [6.45, 7) is -0.571. The number of amides is 2. The van der Waals surface area contributed by atoms with E-state index in [0.29, 0.717) is 0 Å². The third-order valence-corrected chi connectivity index (χ3v) is 5.37. The Morgan fingerprint density at radius 3 is 2.26 bits per heavy atom. The van der Waals surface area contributed by atoms with Crippen LogP contribution in [-0.4, -0.2) is 66.9 Å². The van der Waals surface area contributed by atoms with Gasteiger partial charge in [0.2, 0.25) is 6.23 Å². The van der Waals surface area contributed by atoms with Gasteiger partial charge in [-0.2, -0.15) is 8.78 Å². The number of nitrogens with one attached hydrogen (secondary N) is 1. The molecule has 2 amide bonds. The number of halogens is 2. The topological polar surface area (TPSA) is 94.2 Å². The molecule has 34 heavy (non-hydrogen) atoms. The fourth-order valence-corrected chi connectivity index (χ4v) is 3.66. The largest absolute Gasteiger partial charge is 0.459 e. The summed E-state index contributed by atoms with van der Waals surface area (Å²) in [6, 6.07) is 14.9. The van der Waals surface area contributed by atoms with Crippen LogP contribution in [0.2, 0.25) is 0 Å². The van der Waals surface area contributed by atoms with E-state index in [1.807, 2.05) is 0 Å². The van der Waals surface area contributed by atoms with Crippen molar-refractivity contribution in [3.8, 4) is 0 Å². The average molecular weight is 472 g/mol. The van der Waals surface area contributed by atoms with Crippen LogP contribution in [-0.2, 0) is 14.2 Å². The summed E-state index contributed by atoms with van der Waals surface area (Å²) >= 11 is 0. The molecular formula is C24H22F2N2O6. The fourth-order valence-electron chi connectivity index (χ4n) is 3.66. The van der Waals surface area contributed by atoms with Crippen molar-refractivity contribution in [2.75, 3.05) is 19.7 Å². The van der Waals surface area contributed by atoms with Gasteiger partial charge in [0.1, 0.15) is 12.7 Å². The van der Waals surface area contributed by atoms with Crippen molar-refractivity contribution < 1.29 is 37.4 Å². The Morgan fingerprint density at radius 2 is 1.62 bits per heavy atom. The number of urea groups is 1. The summed E-state index contributed by atoms with van der Waals surface area (Å²) in [5.74, 6) is -5.53. The Bertz CT molecular complexity index is 1060. The lowest BCUT2D eigenvalue weighted by Gasteiger charge is -2.30. The van der Waals surface area contributed by atoms with Gasteiger partial charge in [0.25, 0.3) is 0 Å². The van der Waals surface area contributed by atoms with E-state index in [4.69, 9.17) is 14.2 Å². The van der Waals surface area contributed by atoms with Crippen molar-refractivity contribution >= 4 is 18.0 Å². The molecule has 3 atom stereocenters. The zero-order valence-electron chi connectivity index (χ0n) is 17.9. The summed E-state index contributed by atoms with van der Waals surface area (Å²) < 4.78 is 47.0. The first kappa shape index (κ1) is 23.4. The molecule has 2 aromatic carbocycles. The Hall–Kier alpha value is -3.79. The number of alkyl halides is 2. The highest BCUT2D eigenvalue weighted by Crippen LogP contribution is 2.40. The zero-order chi connectivity index (χ0) is 24.1. The van der Waals surface area contributed by atoms with Gasteiger partial charge in [-0.15, -0.1) is 0 Å². The molecule has 1 N–H and O–H groups in total. The molecular weight excluding hydrogens is 450 g/mol. The second-order valence-corrected chi connectivity index (χ2v) is 7.67. The molecule has 0 radical (unpaired) electrons. The van der Waals surface area contributed by atoms with Crippen molar-refractivity contribution in [3.05, 3.63) is 83.9 Å². The van der Waals surface area contributed by atoms with E-state index in [9.17, 15) is 14.4 Å². The number of nitrogens with zero attached hydrogens (tertiary/aromatic N) is 1. The molecule has 1 saturated heterocycles. The highest BCUT2D eigenvalue weighted by atomic mass is 19.3. The number of esters is 2. The molecule has 0 bridgehead atoms. The lowest BCUT2D eigenvalue weighted by Crippen LogP contribution is -2.54. The molecule has 3 unspecified atom stereocenters. The molecule has 0 aromatic heterocycles. The third-order valence-electron chi connectivity index (χ3n) is 5.37. The Kier molecular flexibility index (Phi) is 6.87. The average Bonchev–Trinajstić information content (AvgIpc) is 2.97. The summed E-state index contributed by atoms with van der Waals surface area (Å²) in [5, 5.41) is 2.47. The highest BCUT2D eigenvalue weighted by Gasteiger charge is 2.64. The maximum Gasteiger partial charge on any atom is 0.338 e. The van der Waals surface area contributed by atoms with Crippen molar-refractivity contribution in [2.45, 2.75) is 24.4 Å². The molecule has 0 aliphatic carbocycles. The minimum absolute atomic E-state index is 0.0669. The lowest BCUT2D eigenvalue weighted by molar-refractivity contribution is -0.153. The summed E-state index contributed by atoms with van der Waals surface area (Å²) in [7, 11) is 0. The second-order valence-electron chi connectivity index (χ2n) is 7.67. The van der Waals surface area contributed by atoms with Crippen molar-refractivity contribution in [1.29, 1.82) is 0 Å². The third kappa shape index (κ3) is 4.91. The Morgan fingerprint density at radius 1 is 1.00 bits per heavy atom. The van der Waals surface area contributed by atoms with E-state index >= 15 is 8.78 Å². The van der Waals surface area contributed by atoms with Gasteiger partial charge in [0, 0.05) is 13.1 Å². The van der Waals surface area contributed by atoms with Gasteiger partial charge in [0.05, 0.1) is 11.1 Å². The van der Waals surface area contributed by atoms with Crippen LogP contribution in [0, 0.1) is 0 Å². The number of benzene rings is 2. The van der Waals surface area contributed by atoms with Crippen molar-refractivity contribution in [2.24, 2.45) is 0 Å². The molecule has 1 fully saturated rings. The fraction of sp³-hybridized carbons (Fsp3) is 0.292. The quantitative estimate of drug-likeness (QED) is 0.513. The molecule has 8 nitrogen and oxygen atoms in total.